The van der Waals surface area contributed by atoms with Crippen LogP contribution in [0.3, 0.4) is 0 Å². The zero-order chi connectivity index (χ0) is 19.7. The smallest absolute Gasteiger partial charge is 0.226 e. The molecular weight excluding hydrogens is 359 g/mol. The molecule has 0 bridgehead atoms. The van der Waals surface area contributed by atoms with Crippen LogP contribution in [0.15, 0.2) is 30.5 Å². The number of nitrogens with zero attached hydrogens (tertiary/aromatic N) is 6. The van der Waals surface area contributed by atoms with Gasteiger partial charge < -0.3 is 9.64 Å². The van der Waals surface area contributed by atoms with Crippen LogP contribution in [0, 0.1) is 26.6 Å². The topological polar surface area (TPSA) is 69.0 Å². The van der Waals surface area contributed by atoms with Crippen molar-refractivity contribution in [3.63, 3.8) is 0 Å². The first-order chi connectivity index (χ1) is 13.5. The average molecular weight is 382 g/mol. The predicted molar refractivity (Wildman–Crippen MR) is 104 cm³/mol. The second kappa shape index (κ2) is 7.63. The van der Waals surface area contributed by atoms with Gasteiger partial charge in [-0.25, -0.2) is 24.0 Å². The Morgan fingerprint density at radius 1 is 1.18 bits per heavy atom. The van der Waals surface area contributed by atoms with E-state index in [1.54, 1.807) is 18.3 Å². The first-order valence-electron chi connectivity index (χ1n) is 9.34. The lowest BCUT2D eigenvalue weighted by Crippen LogP contribution is -2.45. The molecule has 1 aliphatic rings. The monoisotopic (exact) mass is 382 g/mol. The summed E-state index contributed by atoms with van der Waals surface area (Å²) in [4.78, 5) is 15.6. The molecule has 0 unspecified atom stereocenters. The molecule has 0 spiro atoms. The van der Waals surface area contributed by atoms with Gasteiger partial charge in [-0.3, -0.25) is 0 Å². The van der Waals surface area contributed by atoms with Crippen molar-refractivity contribution in [1.29, 1.82) is 0 Å². The molecule has 1 aliphatic heterocycles. The molecule has 146 valence electrons. The van der Waals surface area contributed by atoms with Crippen molar-refractivity contribution in [3.8, 4) is 11.3 Å². The number of hydrogen-bond donors (Lipinski definition) is 0. The highest BCUT2D eigenvalue weighted by atomic mass is 19.1. The van der Waals surface area contributed by atoms with Gasteiger partial charge in [-0.05, 0) is 38.5 Å². The quantitative estimate of drug-likeness (QED) is 0.691. The Morgan fingerprint density at radius 3 is 2.75 bits per heavy atom. The number of aryl methyl sites for hydroxylation is 3. The molecule has 0 amide bonds. The predicted octanol–water partition coefficient (Wildman–Crippen LogP) is 2.70. The minimum atomic E-state index is -0.285. The third kappa shape index (κ3) is 3.73. The molecule has 0 saturated carbocycles. The summed E-state index contributed by atoms with van der Waals surface area (Å²) in [6.45, 7) is 8.22. The van der Waals surface area contributed by atoms with Crippen LogP contribution in [0.5, 0.6) is 0 Å². The first kappa shape index (κ1) is 18.5. The summed E-state index contributed by atoms with van der Waals surface area (Å²) < 4.78 is 22.0. The van der Waals surface area contributed by atoms with Gasteiger partial charge in [-0.15, -0.1) is 0 Å². The number of halogens is 1. The van der Waals surface area contributed by atoms with Crippen molar-refractivity contribution in [1.82, 2.24) is 24.7 Å². The third-order valence-corrected chi connectivity index (χ3v) is 4.85. The van der Waals surface area contributed by atoms with Crippen LogP contribution >= 0.6 is 0 Å². The lowest BCUT2D eigenvalue weighted by molar-refractivity contribution is 0.0264. The summed E-state index contributed by atoms with van der Waals surface area (Å²) in [7, 11) is 0. The number of hydrogen-bond acceptors (Lipinski definition) is 6. The maximum absolute atomic E-state index is 14.3. The standard InChI is InChI=1S/C20H23FN6O/c1-13-10-22-20(24-19(13)17-6-4-5-7-18(17)21)26-8-9-28-16(11-26)12-27-15(3)23-14(2)25-27/h4-7,10,16H,8-9,11-12H2,1-3H3/t16-/m0/s1. The molecule has 0 aliphatic carbocycles. The van der Waals surface area contributed by atoms with Crippen LogP contribution in [0.4, 0.5) is 10.3 Å². The van der Waals surface area contributed by atoms with Gasteiger partial charge >= 0.3 is 0 Å². The van der Waals surface area contributed by atoms with E-state index in [1.807, 2.05) is 31.5 Å². The van der Waals surface area contributed by atoms with Gasteiger partial charge in [-0.2, -0.15) is 5.10 Å². The Kier molecular flexibility index (Phi) is 5.04. The highest BCUT2D eigenvalue weighted by molar-refractivity contribution is 5.64. The summed E-state index contributed by atoms with van der Waals surface area (Å²) in [5.74, 6) is 1.92. The van der Waals surface area contributed by atoms with Crippen LogP contribution in [-0.2, 0) is 11.3 Å². The molecule has 1 atom stereocenters. The fourth-order valence-corrected chi connectivity index (χ4v) is 3.45. The van der Waals surface area contributed by atoms with Crippen molar-refractivity contribution in [3.05, 3.63) is 53.5 Å². The van der Waals surface area contributed by atoms with Gasteiger partial charge in [0.1, 0.15) is 17.5 Å². The van der Waals surface area contributed by atoms with E-state index in [9.17, 15) is 4.39 Å². The number of aromatic nitrogens is 5. The van der Waals surface area contributed by atoms with Gasteiger partial charge in [-0.1, -0.05) is 12.1 Å². The number of morpholine rings is 1. The molecule has 3 heterocycles. The molecule has 2 aromatic heterocycles. The van der Waals surface area contributed by atoms with Crippen molar-refractivity contribution < 1.29 is 9.13 Å². The Bertz CT molecular complexity index is 989. The number of benzene rings is 1. The van der Waals surface area contributed by atoms with E-state index in [2.05, 4.69) is 25.0 Å². The Labute approximate surface area is 163 Å². The van der Waals surface area contributed by atoms with Crippen LogP contribution < -0.4 is 4.90 Å². The maximum atomic E-state index is 14.3. The summed E-state index contributed by atoms with van der Waals surface area (Å²) in [5, 5.41) is 4.41. The molecule has 8 heteroatoms. The summed E-state index contributed by atoms with van der Waals surface area (Å²) in [6.07, 6.45) is 1.70. The van der Waals surface area contributed by atoms with E-state index in [0.29, 0.717) is 43.4 Å². The lowest BCUT2D eigenvalue weighted by atomic mass is 10.1. The van der Waals surface area contributed by atoms with E-state index < -0.39 is 0 Å². The van der Waals surface area contributed by atoms with Gasteiger partial charge in [0, 0.05) is 24.8 Å². The Balaban J connectivity index is 1.56. The molecule has 0 N–H and O–H groups in total. The summed E-state index contributed by atoms with van der Waals surface area (Å²) >= 11 is 0. The van der Waals surface area contributed by atoms with E-state index >= 15 is 0 Å². The molecule has 7 nitrogen and oxygen atoms in total. The highest BCUT2D eigenvalue weighted by Crippen LogP contribution is 2.26. The SMILES string of the molecule is Cc1nc(C)n(C[C@@H]2CN(c3ncc(C)c(-c4ccccc4F)n3)CCO2)n1. The van der Waals surface area contributed by atoms with Crippen LogP contribution in [-0.4, -0.2) is 50.5 Å². The van der Waals surface area contributed by atoms with Gasteiger partial charge in [0.25, 0.3) is 0 Å². The maximum Gasteiger partial charge on any atom is 0.226 e. The van der Waals surface area contributed by atoms with Gasteiger partial charge in [0.2, 0.25) is 5.95 Å². The zero-order valence-corrected chi connectivity index (χ0v) is 16.3. The molecule has 1 fully saturated rings. The van der Waals surface area contributed by atoms with E-state index in [0.717, 1.165) is 17.2 Å². The van der Waals surface area contributed by atoms with Crippen molar-refractivity contribution >= 4 is 5.95 Å². The number of rotatable bonds is 4. The van der Waals surface area contributed by atoms with Crippen molar-refractivity contribution in [2.75, 3.05) is 24.6 Å². The Morgan fingerprint density at radius 2 is 2.00 bits per heavy atom. The van der Waals surface area contributed by atoms with E-state index in [-0.39, 0.29) is 11.9 Å². The molecular formula is C20H23FN6O. The lowest BCUT2D eigenvalue weighted by Gasteiger charge is -2.33. The largest absolute Gasteiger partial charge is 0.373 e. The first-order valence-corrected chi connectivity index (χ1v) is 9.34. The summed E-state index contributed by atoms with van der Waals surface area (Å²) in [6, 6.07) is 6.68. The molecule has 28 heavy (non-hydrogen) atoms. The average Bonchev–Trinajstić information content (AvgIpc) is 3.00. The third-order valence-electron chi connectivity index (χ3n) is 4.85. The molecule has 0 radical (unpaired) electrons. The minimum Gasteiger partial charge on any atom is -0.373 e. The fraction of sp³-hybridized carbons (Fsp3) is 0.400. The number of ether oxygens (including phenoxy) is 1. The van der Waals surface area contributed by atoms with E-state index in [4.69, 9.17) is 4.74 Å². The van der Waals surface area contributed by atoms with Crippen molar-refractivity contribution in [2.45, 2.75) is 33.4 Å². The fourth-order valence-electron chi connectivity index (χ4n) is 3.45. The van der Waals surface area contributed by atoms with Gasteiger partial charge in [0.15, 0.2) is 0 Å². The van der Waals surface area contributed by atoms with Crippen LogP contribution in [0.25, 0.3) is 11.3 Å². The van der Waals surface area contributed by atoms with Gasteiger partial charge in [0.05, 0.1) is 24.9 Å². The second-order valence-corrected chi connectivity index (χ2v) is 7.01. The highest BCUT2D eigenvalue weighted by Gasteiger charge is 2.24. The molecule has 1 saturated heterocycles. The number of anilines is 1. The molecule has 1 aromatic carbocycles. The van der Waals surface area contributed by atoms with Crippen LogP contribution in [0.1, 0.15) is 17.2 Å². The molecule has 3 aromatic rings. The molecule has 4 rings (SSSR count). The van der Waals surface area contributed by atoms with Crippen molar-refractivity contribution in [2.24, 2.45) is 0 Å². The Hall–Kier alpha value is -2.87. The normalized spacial score (nSPS) is 17.1. The second-order valence-electron chi connectivity index (χ2n) is 7.01. The summed E-state index contributed by atoms with van der Waals surface area (Å²) in [5.41, 5.74) is 1.95. The van der Waals surface area contributed by atoms with Crippen LogP contribution in [0.2, 0.25) is 0 Å². The minimum absolute atomic E-state index is 0.0460. The zero-order valence-electron chi connectivity index (χ0n) is 16.3. The van der Waals surface area contributed by atoms with E-state index in [1.165, 1.54) is 6.07 Å².